The molecule has 27 heavy (non-hydrogen) atoms. The fourth-order valence-electron chi connectivity index (χ4n) is 2.97. The number of H-pyrrole nitrogens is 1. The third-order valence-corrected chi connectivity index (χ3v) is 5.66. The average molecular weight is 385 g/mol. The molecule has 1 aromatic carbocycles. The van der Waals surface area contributed by atoms with Gasteiger partial charge in [-0.05, 0) is 31.4 Å². The molecule has 0 radical (unpaired) electrons. The molecule has 0 aliphatic carbocycles. The number of aromatic amines is 1. The van der Waals surface area contributed by atoms with E-state index in [1.165, 1.54) is 18.4 Å². The normalized spacial score (nSPS) is 11.1. The second-order valence-electron chi connectivity index (χ2n) is 6.46. The smallest absolute Gasteiger partial charge is 0.259 e. The topological polar surface area (TPSA) is 75.3 Å². The van der Waals surface area contributed by atoms with Crippen LogP contribution in [-0.4, -0.2) is 41.0 Å². The van der Waals surface area contributed by atoms with Crippen LogP contribution in [0.25, 0.3) is 10.2 Å². The summed E-state index contributed by atoms with van der Waals surface area (Å²) in [7, 11) is 1.50. The van der Waals surface area contributed by atoms with Gasteiger partial charge in [0.25, 0.3) is 5.56 Å². The lowest BCUT2D eigenvalue weighted by molar-refractivity contribution is -0.135. The molecule has 142 valence electrons. The van der Waals surface area contributed by atoms with Crippen molar-refractivity contribution < 1.29 is 9.53 Å². The third kappa shape index (κ3) is 4.43. The molecular weight excluding hydrogens is 362 g/mol. The molecule has 0 atom stereocenters. The molecule has 2 aromatic heterocycles. The van der Waals surface area contributed by atoms with Gasteiger partial charge >= 0.3 is 0 Å². The Morgan fingerprint density at radius 2 is 2.00 bits per heavy atom. The molecule has 0 unspecified atom stereocenters. The summed E-state index contributed by atoms with van der Waals surface area (Å²) in [6, 6.07) is 9.98. The molecule has 0 saturated carbocycles. The monoisotopic (exact) mass is 385 g/mol. The molecule has 1 N–H and O–H groups in total. The Bertz CT molecular complexity index is 995. The van der Waals surface area contributed by atoms with E-state index in [0.717, 1.165) is 22.4 Å². The molecule has 3 rings (SSSR count). The van der Waals surface area contributed by atoms with E-state index < -0.39 is 0 Å². The van der Waals surface area contributed by atoms with Gasteiger partial charge in [-0.25, -0.2) is 4.98 Å². The first kappa shape index (κ1) is 19.3. The van der Waals surface area contributed by atoms with Gasteiger partial charge in [-0.3, -0.25) is 9.59 Å². The Morgan fingerprint density at radius 1 is 1.26 bits per heavy atom. The van der Waals surface area contributed by atoms with E-state index >= 15 is 0 Å². The van der Waals surface area contributed by atoms with E-state index in [9.17, 15) is 9.59 Å². The van der Waals surface area contributed by atoms with Crippen molar-refractivity contribution in [1.82, 2.24) is 14.9 Å². The lowest BCUT2D eigenvalue weighted by Crippen LogP contribution is -2.36. The number of amides is 1. The minimum absolute atomic E-state index is 0.00150. The number of thiophene rings is 1. The quantitative estimate of drug-likeness (QED) is 0.679. The first-order chi connectivity index (χ1) is 13.0. The van der Waals surface area contributed by atoms with Crippen molar-refractivity contribution >= 4 is 27.5 Å². The van der Waals surface area contributed by atoms with Gasteiger partial charge in [0.05, 0.1) is 11.9 Å². The van der Waals surface area contributed by atoms with Gasteiger partial charge in [-0.2, -0.15) is 0 Å². The van der Waals surface area contributed by atoms with Gasteiger partial charge in [-0.15, -0.1) is 11.3 Å². The number of carbonyl (C=O) groups is 1. The van der Waals surface area contributed by atoms with Crippen molar-refractivity contribution in [3.05, 3.63) is 62.5 Å². The Balaban J connectivity index is 1.83. The molecule has 0 bridgehead atoms. The highest BCUT2D eigenvalue weighted by Crippen LogP contribution is 2.25. The molecule has 0 saturated heterocycles. The molecule has 0 aliphatic heterocycles. The standard InChI is InChI=1S/C20H23N3O3S/c1-13-14(2)27-20-18(13)19(25)21-16(22-20)11-23(17(24)12-26-3)10-9-15-7-5-4-6-8-15/h4-8H,9-12H2,1-3H3,(H,21,22,25). The number of ether oxygens (including phenoxy) is 1. The van der Waals surface area contributed by atoms with Crippen LogP contribution in [0.2, 0.25) is 0 Å². The number of nitrogens with one attached hydrogen (secondary N) is 1. The molecule has 0 spiro atoms. The van der Waals surface area contributed by atoms with Crippen molar-refractivity contribution in [2.24, 2.45) is 0 Å². The minimum Gasteiger partial charge on any atom is -0.375 e. The number of benzene rings is 1. The Morgan fingerprint density at radius 3 is 2.70 bits per heavy atom. The SMILES string of the molecule is COCC(=O)N(CCc1ccccc1)Cc1nc2sc(C)c(C)c2c(=O)[nH]1. The second-order valence-corrected chi connectivity index (χ2v) is 7.66. The van der Waals surface area contributed by atoms with Crippen molar-refractivity contribution in [3.8, 4) is 0 Å². The number of hydrogen-bond acceptors (Lipinski definition) is 5. The summed E-state index contributed by atoms with van der Waals surface area (Å²) >= 11 is 1.50. The van der Waals surface area contributed by atoms with E-state index in [0.29, 0.717) is 22.6 Å². The van der Waals surface area contributed by atoms with E-state index in [1.807, 2.05) is 44.2 Å². The number of rotatable bonds is 7. The first-order valence-corrected chi connectivity index (χ1v) is 9.60. The fourth-order valence-corrected chi connectivity index (χ4v) is 4.02. The molecule has 2 heterocycles. The maximum atomic E-state index is 12.5. The lowest BCUT2D eigenvalue weighted by atomic mass is 10.1. The summed E-state index contributed by atoms with van der Waals surface area (Å²) in [5.41, 5.74) is 1.96. The van der Waals surface area contributed by atoms with Gasteiger partial charge < -0.3 is 14.6 Å². The van der Waals surface area contributed by atoms with Gasteiger partial charge in [0.2, 0.25) is 5.91 Å². The minimum atomic E-state index is -0.154. The van der Waals surface area contributed by atoms with Gasteiger partial charge in [-0.1, -0.05) is 30.3 Å². The summed E-state index contributed by atoms with van der Waals surface area (Å²) in [6.45, 7) is 4.68. The molecule has 7 heteroatoms. The Labute approximate surface area is 161 Å². The highest BCUT2D eigenvalue weighted by molar-refractivity contribution is 7.18. The molecule has 3 aromatic rings. The van der Waals surface area contributed by atoms with Gasteiger partial charge in [0.1, 0.15) is 17.3 Å². The molecular formula is C20H23N3O3S. The maximum absolute atomic E-state index is 12.5. The summed E-state index contributed by atoms with van der Waals surface area (Å²) < 4.78 is 5.01. The predicted octanol–water partition coefficient (Wildman–Crippen LogP) is 2.82. The number of hydrogen-bond donors (Lipinski definition) is 1. The van der Waals surface area contributed by atoms with Crippen molar-refractivity contribution in [2.45, 2.75) is 26.8 Å². The number of methoxy groups -OCH3 is 1. The average Bonchev–Trinajstić information content (AvgIpc) is 2.94. The summed E-state index contributed by atoms with van der Waals surface area (Å²) in [5.74, 6) is 0.362. The number of aryl methyl sites for hydroxylation is 2. The second kappa shape index (κ2) is 8.45. The summed E-state index contributed by atoms with van der Waals surface area (Å²) in [5, 5.41) is 0.639. The van der Waals surface area contributed by atoms with Gasteiger partial charge in [0.15, 0.2) is 0 Å². The maximum Gasteiger partial charge on any atom is 0.259 e. The first-order valence-electron chi connectivity index (χ1n) is 8.79. The van der Waals surface area contributed by atoms with Crippen LogP contribution in [0.15, 0.2) is 35.1 Å². The molecule has 0 aliphatic rings. The van der Waals surface area contributed by atoms with Crippen molar-refractivity contribution in [3.63, 3.8) is 0 Å². The van der Waals surface area contributed by atoms with E-state index in [-0.39, 0.29) is 24.6 Å². The molecule has 0 fully saturated rings. The summed E-state index contributed by atoms with van der Waals surface area (Å²) in [6.07, 6.45) is 0.722. The zero-order chi connectivity index (χ0) is 19.4. The Kier molecular flexibility index (Phi) is 6.03. The van der Waals surface area contributed by atoms with E-state index in [2.05, 4.69) is 9.97 Å². The van der Waals surface area contributed by atoms with Crippen molar-refractivity contribution in [1.29, 1.82) is 0 Å². The van der Waals surface area contributed by atoms with Crippen LogP contribution in [-0.2, 0) is 22.5 Å². The Hall–Kier alpha value is -2.51. The van der Waals surface area contributed by atoms with Crippen LogP contribution in [0.1, 0.15) is 21.8 Å². The van der Waals surface area contributed by atoms with E-state index in [1.54, 1.807) is 4.90 Å². The molecule has 1 amide bonds. The van der Waals surface area contributed by atoms with Gasteiger partial charge in [0, 0.05) is 18.5 Å². The van der Waals surface area contributed by atoms with Crippen LogP contribution in [0.3, 0.4) is 0 Å². The highest BCUT2D eigenvalue weighted by atomic mass is 32.1. The fraction of sp³-hybridized carbons (Fsp3) is 0.350. The van der Waals surface area contributed by atoms with Crippen LogP contribution in [0.5, 0.6) is 0 Å². The van der Waals surface area contributed by atoms with Crippen LogP contribution < -0.4 is 5.56 Å². The molecule has 6 nitrogen and oxygen atoms in total. The number of fused-ring (bicyclic) bond motifs is 1. The van der Waals surface area contributed by atoms with Crippen LogP contribution >= 0.6 is 11.3 Å². The number of nitrogens with zero attached hydrogens (tertiary/aromatic N) is 2. The van der Waals surface area contributed by atoms with Crippen LogP contribution in [0.4, 0.5) is 0 Å². The van der Waals surface area contributed by atoms with Crippen LogP contribution in [0, 0.1) is 13.8 Å². The summed E-state index contributed by atoms with van der Waals surface area (Å²) in [4.78, 5) is 35.8. The zero-order valence-electron chi connectivity index (χ0n) is 15.7. The number of aromatic nitrogens is 2. The predicted molar refractivity (Wildman–Crippen MR) is 107 cm³/mol. The number of carbonyl (C=O) groups excluding carboxylic acids is 1. The van der Waals surface area contributed by atoms with Crippen molar-refractivity contribution in [2.75, 3.05) is 20.3 Å². The third-order valence-electron chi connectivity index (χ3n) is 4.56. The highest BCUT2D eigenvalue weighted by Gasteiger charge is 2.17. The largest absolute Gasteiger partial charge is 0.375 e. The van der Waals surface area contributed by atoms with E-state index in [4.69, 9.17) is 4.74 Å². The lowest BCUT2D eigenvalue weighted by Gasteiger charge is -2.22. The zero-order valence-corrected chi connectivity index (χ0v) is 16.6.